The number of rotatable bonds is 5. The Kier molecular flexibility index (Phi) is 4.98. The summed E-state index contributed by atoms with van der Waals surface area (Å²) in [7, 11) is 1.54. The minimum atomic E-state index is 0.323. The van der Waals surface area contributed by atoms with Crippen molar-refractivity contribution in [3.63, 3.8) is 0 Å². The van der Waals surface area contributed by atoms with Crippen molar-refractivity contribution in [3.05, 3.63) is 11.2 Å². The lowest BCUT2D eigenvalue weighted by Crippen LogP contribution is -2.45. The van der Waals surface area contributed by atoms with E-state index < -0.39 is 0 Å². The first-order chi connectivity index (χ1) is 8.79. The summed E-state index contributed by atoms with van der Waals surface area (Å²) >= 11 is 6.01. The number of methoxy groups -OCH3 is 1. The normalized spacial score (nSPS) is 16.6. The van der Waals surface area contributed by atoms with Crippen molar-refractivity contribution in [1.29, 1.82) is 0 Å². The van der Waals surface area contributed by atoms with Crippen LogP contribution in [0.25, 0.3) is 0 Å². The topological polar surface area (TPSA) is 62.3 Å². The molecule has 18 heavy (non-hydrogen) atoms. The van der Waals surface area contributed by atoms with Gasteiger partial charge in [-0.25, -0.2) is 4.98 Å². The van der Waals surface area contributed by atoms with Crippen molar-refractivity contribution in [2.24, 2.45) is 0 Å². The van der Waals surface area contributed by atoms with Gasteiger partial charge in [0.1, 0.15) is 5.02 Å². The summed E-state index contributed by atoms with van der Waals surface area (Å²) in [6.07, 6.45) is 1.54. The fourth-order valence-corrected chi connectivity index (χ4v) is 2.00. The van der Waals surface area contributed by atoms with Gasteiger partial charge in [-0.05, 0) is 0 Å². The van der Waals surface area contributed by atoms with Crippen LogP contribution < -0.4 is 15.4 Å². The van der Waals surface area contributed by atoms with Crippen LogP contribution in [-0.4, -0.2) is 61.2 Å². The monoisotopic (exact) mass is 271 g/mol. The van der Waals surface area contributed by atoms with Gasteiger partial charge in [-0.3, -0.25) is 4.90 Å². The van der Waals surface area contributed by atoms with Crippen molar-refractivity contribution >= 4 is 17.4 Å². The molecule has 1 saturated heterocycles. The highest BCUT2D eigenvalue weighted by molar-refractivity contribution is 6.32. The highest BCUT2D eigenvalue weighted by Crippen LogP contribution is 2.19. The Balaban J connectivity index is 1.81. The Labute approximate surface area is 112 Å². The summed E-state index contributed by atoms with van der Waals surface area (Å²) in [6, 6.07) is 0.323. The molecule has 1 aliphatic heterocycles. The molecule has 1 aliphatic rings. The van der Waals surface area contributed by atoms with Gasteiger partial charge in [0.2, 0.25) is 0 Å². The molecule has 0 spiro atoms. The van der Waals surface area contributed by atoms with Crippen LogP contribution in [0, 0.1) is 0 Å². The highest BCUT2D eigenvalue weighted by Gasteiger charge is 2.09. The van der Waals surface area contributed by atoms with Gasteiger partial charge in [0.05, 0.1) is 13.3 Å². The van der Waals surface area contributed by atoms with Crippen molar-refractivity contribution in [2.75, 3.05) is 51.7 Å². The molecule has 6 nitrogen and oxygen atoms in total. The minimum Gasteiger partial charge on any atom is -0.467 e. The van der Waals surface area contributed by atoms with Gasteiger partial charge < -0.3 is 15.4 Å². The molecule has 2 rings (SSSR count). The van der Waals surface area contributed by atoms with Gasteiger partial charge in [0, 0.05) is 39.3 Å². The van der Waals surface area contributed by atoms with E-state index in [1.54, 1.807) is 6.20 Å². The Morgan fingerprint density at radius 1 is 1.50 bits per heavy atom. The number of nitrogens with zero attached hydrogens (tertiary/aromatic N) is 3. The fourth-order valence-electron chi connectivity index (χ4n) is 1.84. The average Bonchev–Trinajstić information content (AvgIpc) is 2.42. The minimum absolute atomic E-state index is 0.323. The maximum atomic E-state index is 6.01. The van der Waals surface area contributed by atoms with Crippen LogP contribution in [0.15, 0.2) is 6.20 Å². The highest BCUT2D eigenvalue weighted by atomic mass is 35.5. The molecule has 2 heterocycles. The Morgan fingerprint density at radius 2 is 2.28 bits per heavy atom. The molecule has 100 valence electrons. The average molecular weight is 272 g/mol. The molecule has 0 unspecified atom stereocenters. The van der Waals surface area contributed by atoms with E-state index in [9.17, 15) is 0 Å². The van der Waals surface area contributed by atoms with Crippen LogP contribution in [0.5, 0.6) is 6.01 Å². The summed E-state index contributed by atoms with van der Waals surface area (Å²) in [5, 5.41) is 7.05. The third-order valence-corrected chi connectivity index (χ3v) is 3.11. The van der Waals surface area contributed by atoms with Gasteiger partial charge in [-0.15, -0.1) is 0 Å². The van der Waals surface area contributed by atoms with Crippen LogP contribution >= 0.6 is 11.6 Å². The van der Waals surface area contributed by atoms with Gasteiger partial charge in [0.15, 0.2) is 5.82 Å². The van der Waals surface area contributed by atoms with E-state index in [1.165, 1.54) is 7.11 Å². The smallest absolute Gasteiger partial charge is 0.318 e. The second-order valence-corrected chi connectivity index (χ2v) is 4.48. The molecule has 0 bridgehead atoms. The van der Waals surface area contributed by atoms with E-state index >= 15 is 0 Å². The van der Waals surface area contributed by atoms with Gasteiger partial charge >= 0.3 is 6.01 Å². The van der Waals surface area contributed by atoms with Crippen LogP contribution in [0.4, 0.5) is 5.82 Å². The first kappa shape index (κ1) is 13.3. The maximum Gasteiger partial charge on any atom is 0.318 e. The molecule has 1 aromatic rings. The van der Waals surface area contributed by atoms with Crippen molar-refractivity contribution in [2.45, 2.75) is 0 Å². The van der Waals surface area contributed by atoms with Gasteiger partial charge in [-0.2, -0.15) is 4.98 Å². The predicted octanol–water partition coefficient (Wildman–Crippen LogP) is 0.456. The van der Waals surface area contributed by atoms with Crippen molar-refractivity contribution < 1.29 is 4.74 Å². The van der Waals surface area contributed by atoms with E-state index in [2.05, 4.69) is 25.5 Å². The zero-order valence-corrected chi connectivity index (χ0v) is 11.2. The number of hydrogen-bond acceptors (Lipinski definition) is 6. The number of nitrogens with one attached hydrogen (secondary N) is 2. The molecule has 0 atom stereocenters. The Bertz CT molecular complexity index is 384. The molecule has 0 aromatic carbocycles. The molecular weight excluding hydrogens is 254 g/mol. The molecule has 1 fully saturated rings. The third kappa shape index (κ3) is 3.69. The zero-order valence-electron chi connectivity index (χ0n) is 10.4. The summed E-state index contributed by atoms with van der Waals surface area (Å²) in [5.74, 6) is 0.624. The number of piperazine rings is 1. The number of aromatic nitrogens is 2. The van der Waals surface area contributed by atoms with Crippen molar-refractivity contribution in [1.82, 2.24) is 20.2 Å². The lowest BCUT2D eigenvalue weighted by atomic mass is 10.3. The number of anilines is 1. The lowest BCUT2D eigenvalue weighted by molar-refractivity contribution is 0.249. The standard InChI is InChI=1S/C11H18ClN5O/c1-18-11-15-8-9(12)10(16-11)14-4-7-17-5-2-13-3-6-17/h8,13H,2-7H2,1H3,(H,14,15,16). The van der Waals surface area contributed by atoms with Gasteiger partial charge in [-0.1, -0.05) is 11.6 Å². The third-order valence-electron chi connectivity index (χ3n) is 2.83. The van der Waals surface area contributed by atoms with Crippen LogP contribution in [0.3, 0.4) is 0 Å². The van der Waals surface area contributed by atoms with E-state index in [-0.39, 0.29) is 0 Å². The summed E-state index contributed by atoms with van der Waals surface area (Å²) in [6.45, 7) is 6.07. The molecule has 7 heteroatoms. The molecule has 0 radical (unpaired) electrons. The number of hydrogen-bond donors (Lipinski definition) is 2. The zero-order chi connectivity index (χ0) is 12.8. The number of ether oxygens (including phenoxy) is 1. The van der Waals surface area contributed by atoms with Crippen LogP contribution in [-0.2, 0) is 0 Å². The molecule has 0 amide bonds. The Hall–Kier alpha value is -1.11. The molecule has 0 saturated carbocycles. The number of halogens is 1. The van der Waals surface area contributed by atoms with Gasteiger partial charge in [0.25, 0.3) is 0 Å². The second kappa shape index (κ2) is 6.72. The molecular formula is C11H18ClN5O. The van der Waals surface area contributed by atoms with E-state index in [1.807, 2.05) is 0 Å². The van der Waals surface area contributed by atoms with E-state index in [0.29, 0.717) is 16.9 Å². The second-order valence-electron chi connectivity index (χ2n) is 4.07. The largest absolute Gasteiger partial charge is 0.467 e. The van der Waals surface area contributed by atoms with Crippen molar-refractivity contribution in [3.8, 4) is 6.01 Å². The quantitative estimate of drug-likeness (QED) is 0.811. The summed E-state index contributed by atoms with van der Waals surface area (Å²) in [4.78, 5) is 10.5. The predicted molar refractivity (Wildman–Crippen MR) is 71.4 cm³/mol. The lowest BCUT2D eigenvalue weighted by Gasteiger charge is -2.27. The summed E-state index contributed by atoms with van der Waals surface area (Å²) in [5.41, 5.74) is 0. The molecule has 2 N–H and O–H groups in total. The van der Waals surface area contributed by atoms with E-state index in [0.717, 1.165) is 39.3 Å². The first-order valence-corrected chi connectivity index (χ1v) is 6.41. The van der Waals surface area contributed by atoms with Crippen LogP contribution in [0.1, 0.15) is 0 Å². The van der Waals surface area contributed by atoms with Crippen LogP contribution in [0.2, 0.25) is 5.02 Å². The molecule has 1 aromatic heterocycles. The first-order valence-electron chi connectivity index (χ1n) is 6.03. The maximum absolute atomic E-state index is 6.01. The SMILES string of the molecule is COc1ncc(Cl)c(NCCN2CCNCC2)n1. The molecule has 0 aliphatic carbocycles. The van der Waals surface area contributed by atoms with E-state index in [4.69, 9.17) is 16.3 Å². The fraction of sp³-hybridized carbons (Fsp3) is 0.636. The Morgan fingerprint density at radius 3 is 3.00 bits per heavy atom. The summed E-state index contributed by atoms with van der Waals surface area (Å²) < 4.78 is 4.97.